The van der Waals surface area contributed by atoms with E-state index in [1.807, 2.05) is 10.6 Å². The largest absolute Gasteiger partial charge is 0.481 e. The van der Waals surface area contributed by atoms with E-state index in [9.17, 15) is 39.0 Å². The summed E-state index contributed by atoms with van der Waals surface area (Å²) < 4.78 is 0. The third-order valence-electron chi connectivity index (χ3n) is 4.16. The molecular weight excluding hydrogens is 436 g/mol. The second kappa shape index (κ2) is 13.2. The molecule has 6 unspecified atom stereocenters. The molecular formula is C17H28N4O11. The smallest absolute Gasteiger partial charge is 0.326 e. The molecule has 0 aliphatic rings. The van der Waals surface area contributed by atoms with Crippen LogP contribution in [0.5, 0.6) is 0 Å². The molecule has 0 aliphatic carbocycles. The molecule has 0 bridgehead atoms. The molecule has 0 spiro atoms. The predicted molar refractivity (Wildman–Crippen MR) is 104 cm³/mol. The van der Waals surface area contributed by atoms with Crippen LogP contribution in [0.15, 0.2) is 0 Å². The zero-order chi connectivity index (χ0) is 25.2. The van der Waals surface area contributed by atoms with Crippen LogP contribution in [-0.4, -0.2) is 97.5 Å². The molecule has 0 radical (unpaired) electrons. The monoisotopic (exact) mass is 464 g/mol. The van der Waals surface area contributed by atoms with E-state index in [0.717, 1.165) is 6.92 Å². The van der Waals surface area contributed by atoms with Crippen molar-refractivity contribution in [3.05, 3.63) is 0 Å². The van der Waals surface area contributed by atoms with Gasteiger partial charge in [-0.2, -0.15) is 0 Å². The molecule has 0 saturated heterocycles. The molecule has 0 rings (SSSR count). The quantitative estimate of drug-likeness (QED) is 0.119. The average molecular weight is 464 g/mol. The van der Waals surface area contributed by atoms with Crippen molar-refractivity contribution in [1.29, 1.82) is 0 Å². The van der Waals surface area contributed by atoms with Crippen molar-refractivity contribution in [1.82, 2.24) is 16.0 Å². The van der Waals surface area contributed by atoms with E-state index in [0.29, 0.717) is 0 Å². The zero-order valence-electron chi connectivity index (χ0n) is 17.3. The molecule has 32 heavy (non-hydrogen) atoms. The molecule has 0 heterocycles. The predicted octanol–water partition coefficient (Wildman–Crippen LogP) is -4.05. The van der Waals surface area contributed by atoms with Crippen LogP contribution in [-0.2, 0) is 28.8 Å². The van der Waals surface area contributed by atoms with Crippen LogP contribution in [0.4, 0.5) is 0 Å². The number of carboxylic acids is 3. The number of carbonyl (C=O) groups excluding carboxylic acids is 3. The van der Waals surface area contributed by atoms with E-state index in [-0.39, 0.29) is 0 Å². The molecule has 0 fully saturated rings. The Morgan fingerprint density at radius 1 is 0.750 bits per heavy atom. The molecule has 10 N–H and O–H groups in total. The van der Waals surface area contributed by atoms with Gasteiger partial charge in [0.2, 0.25) is 17.7 Å². The van der Waals surface area contributed by atoms with E-state index >= 15 is 0 Å². The Hall–Kier alpha value is -3.30. The van der Waals surface area contributed by atoms with Crippen molar-refractivity contribution in [3.63, 3.8) is 0 Å². The van der Waals surface area contributed by atoms with Crippen molar-refractivity contribution in [2.24, 2.45) is 5.73 Å². The van der Waals surface area contributed by atoms with Crippen molar-refractivity contribution < 1.29 is 54.3 Å². The van der Waals surface area contributed by atoms with Crippen molar-refractivity contribution in [2.45, 2.75) is 69.5 Å². The van der Waals surface area contributed by atoms with Crippen molar-refractivity contribution >= 4 is 35.6 Å². The lowest BCUT2D eigenvalue weighted by Crippen LogP contribution is -2.61. The van der Waals surface area contributed by atoms with Gasteiger partial charge in [0.05, 0.1) is 18.6 Å². The normalized spacial score (nSPS) is 16.4. The van der Waals surface area contributed by atoms with Crippen LogP contribution in [0.25, 0.3) is 0 Å². The first-order valence-electron chi connectivity index (χ1n) is 9.36. The second-order valence-electron chi connectivity index (χ2n) is 6.98. The van der Waals surface area contributed by atoms with Gasteiger partial charge in [-0.25, -0.2) is 4.79 Å². The van der Waals surface area contributed by atoms with E-state index < -0.39 is 91.3 Å². The number of hydrogen-bond acceptors (Lipinski definition) is 9. The molecule has 182 valence electrons. The highest BCUT2D eigenvalue weighted by molar-refractivity contribution is 5.96. The fourth-order valence-electron chi connectivity index (χ4n) is 2.32. The summed E-state index contributed by atoms with van der Waals surface area (Å²) in [5.41, 5.74) is 5.44. The van der Waals surface area contributed by atoms with Gasteiger partial charge in [-0.1, -0.05) is 0 Å². The van der Waals surface area contributed by atoms with Crippen LogP contribution in [0, 0.1) is 0 Å². The van der Waals surface area contributed by atoms with Gasteiger partial charge in [-0.3, -0.25) is 24.0 Å². The first-order chi connectivity index (χ1) is 14.7. The van der Waals surface area contributed by atoms with Gasteiger partial charge < -0.3 is 47.2 Å². The number of rotatable bonds is 14. The Labute approximate surface area is 182 Å². The number of carbonyl (C=O) groups is 6. The Bertz CT molecular complexity index is 725. The van der Waals surface area contributed by atoms with Crippen LogP contribution in [0.3, 0.4) is 0 Å². The number of aliphatic hydroxyl groups is 2. The van der Waals surface area contributed by atoms with Crippen molar-refractivity contribution in [2.75, 3.05) is 0 Å². The molecule has 15 nitrogen and oxygen atoms in total. The highest BCUT2D eigenvalue weighted by Gasteiger charge is 2.34. The first kappa shape index (κ1) is 28.7. The number of aliphatic carboxylic acids is 3. The van der Waals surface area contributed by atoms with Crippen LogP contribution in [0.1, 0.15) is 33.1 Å². The number of hydrogen-bond donors (Lipinski definition) is 9. The number of nitrogens with one attached hydrogen (secondary N) is 3. The Kier molecular flexibility index (Phi) is 11.8. The summed E-state index contributed by atoms with van der Waals surface area (Å²) >= 11 is 0. The lowest BCUT2D eigenvalue weighted by molar-refractivity contribution is -0.144. The minimum Gasteiger partial charge on any atom is -0.481 e. The maximum atomic E-state index is 12.5. The number of amides is 3. The van der Waals surface area contributed by atoms with Crippen LogP contribution >= 0.6 is 0 Å². The third-order valence-corrected chi connectivity index (χ3v) is 4.16. The van der Waals surface area contributed by atoms with Gasteiger partial charge in [-0.05, 0) is 20.3 Å². The summed E-state index contributed by atoms with van der Waals surface area (Å²) in [5, 5.41) is 51.9. The highest BCUT2D eigenvalue weighted by Crippen LogP contribution is 2.03. The summed E-state index contributed by atoms with van der Waals surface area (Å²) in [6.45, 7) is 2.31. The number of carboxylic acid groups (broad SMARTS) is 3. The molecule has 15 heteroatoms. The third kappa shape index (κ3) is 10.1. The topological polar surface area (TPSA) is 266 Å². The van der Waals surface area contributed by atoms with E-state index in [2.05, 4.69) is 5.32 Å². The van der Waals surface area contributed by atoms with Gasteiger partial charge in [0.1, 0.15) is 24.2 Å². The lowest BCUT2D eigenvalue weighted by atomic mass is 10.1. The maximum Gasteiger partial charge on any atom is 0.326 e. The minimum absolute atomic E-state index is 0.506. The molecule has 0 saturated carbocycles. The lowest BCUT2D eigenvalue weighted by Gasteiger charge is -2.26. The highest BCUT2D eigenvalue weighted by atomic mass is 16.4. The fraction of sp³-hybridized carbons (Fsp3) is 0.647. The second-order valence-corrected chi connectivity index (χ2v) is 6.98. The van der Waals surface area contributed by atoms with Crippen LogP contribution in [0.2, 0.25) is 0 Å². The van der Waals surface area contributed by atoms with E-state index in [4.69, 9.17) is 21.1 Å². The van der Waals surface area contributed by atoms with Gasteiger partial charge >= 0.3 is 17.9 Å². The van der Waals surface area contributed by atoms with Gasteiger partial charge in [0.25, 0.3) is 0 Å². The van der Waals surface area contributed by atoms with E-state index in [1.165, 1.54) is 6.92 Å². The molecule has 0 aromatic rings. The summed E-state index contributed by atoms with van der Waals surface area (Å²) in [6, 6.07) is -6.65. The Morgan fingerprint density at radius 3 is 1.69 bits per heavy atom. The van der Waals surface area contributed by atoms with Gasteiger partial charge in [0.15, 0.2) is 0 Å². The van der Waals surface area contributed by atoms with Crippen molar-refractivity contribution in [3.8, 4) is 0 Å². The standard InChI is InChI=1S/C17H28N4O11/c1-6(22)12(18)15(29)21-13(7(2)23)16(30)20-9(5-11(26)27)14(28)19-8(17(31)32)3-4-10(24)25/h6-9,12-13,22-23H,3-5,18H2,1-2H3,(H,19,28)(H,20,30)(H,21,29)(H,24,25)(H,26,27)(H,31,32). The average Bonchev–Trinajstić information content (AvgIpc) is 2.66. The molecule has 0 aromatic heterocycles. The number of aliphatic hydroxyl groups excluding tert-OH is 2. The summed E-state index contributed by atoms with van der Waals surface area (Å²) in [4.78, 5) is 69.8. The Balaban J connectivity index is 5.47. The van der Waals surface area contributed by atoms with Crippen LogP contribution < -0.4 is 21.7 Å². The summed E-state index contributed by atoms with van der Waals surface area (Å²) in [7, 11) is 0. The molecule has 0 aromatic carbocycles. The first-order valence-corrected chi connectivity index (χ1v) is 9.36. The Morgan fingerprint density at radius 2 is 1.28 bits per heavy atom. The van der Waals surface area contributed by atoms with Gasteiger partial charge in [-0.15, -0.1) is 0 Å². The molecule has 6 atom stereocenters. The number of nitrogens with two attached hydrogens (primary N) is 1. The zero-order valence-corrected chi connectivity index (χ0v) is 17.3. The summed E-state index contributed by atoms with van der Waals surface area (Å²) in [6.07, 6.45) is -4.93. The minimum atomic E-state index is -1.82. The van der Waals surface area contributed by atoms with E-state index in [1.54, 1.807) is 0 Å². The molecule has 3 amide bonds. The maximum absolute atomic E-state index is 12.5. The fourth-order valence-corrected chi connectivity index (χ4v) is 2.32. The summed E-state index contributed by atoms with van der Waals surface area (Å²) in [5.74, 6) is -7.90. The molecule has 0 aliphatic heterocycles. The van der Waals surface area contributed by atoms with Gasteiger partial charge in [0, 0.05) is 6.42 Å². The SMILES string of the molecule is CC(O)C(N)C(=O)NC(C(=O)NC(CC(=O)O)C(=O)NC(CCC(=O)O)C(=O)O)C(C)O.